The minimum atomic E-state index is -4.44. The molecule has 1 aromatic heterocycles. The highest BCUT2D eigenvalue weighted by molar-refractivity contribution is 5.59. The molecule has 0 radical (unpaired) electrons. The molecule has 0 saturated carbocycles. The van der Waals surface area contributed by atoms with Crippen molar-refractivity contribution >= 4 is 11.6 Å². The molecule has 5 nitrogen and oxygen atoms in total. The van der Waals surface area contributed by atoms with Gasteiger partial charge in [0.1, 0.15) is 0 Å². The molecule has 2 aromatic rings. The maximum Gasteiger partial charge on any atom is 0.416 e. The quantitative estimate of drug-likeness (QED) is 0.628. The van der Waals surface area contributed by atoms with Crippen LogP contribution in [0.4, 0.5) is 24.8 Å². The van der Waals surface area contributed by atoms with Gasteiger partial charge in [-0.15, -0.1) is 0 Å². The molecule has 0 saturated heterocycles. The fourth-order valence-corrected chi connectivity index (χ4v) is 4.21. The number of alkyl halides is 3. The third-order valence-corrected chi connectivity index (χ3v) is 6.16. The van der Waals surface area contributed by atoms with E-state index in [4.69, 9.17) is 0 Å². The lowest BCUT2D eigenvalue weighted by molar-refractivity contribution is -0.137. The largest absolute Gasteiger partial charge is 0.416 e. The van der Waals surface area contributed by atoms with Gasteiger partial charge in [0, 0.05) is 23.5 Å². The van der Waals surface area contributed by atoms with Crippen LogP contribution in [0.5, 0.6) is 0 Å². The molecule has 1 aromatic carbocycles. The highest BCUT2D eigenvalue weighted by atomic mass is 19.4. The molecule has 0 unspecified atom stereocenters. The van der Waals surface area contributed by atoms with Crippen LogP contribution in [0.2, 0.25) is 0 Å². The van der Waals surface area contributed by atoms with E-state index in [9.17, 15) is 18.0 Å². The standard InChI is InChI=1S/C23H27F3N4O/c1-16-17(2)27-22-29(20-10-6-9-19(13-20)23(24,25)26)14-28(15-30(22)21(16)31)12-11-18-7-4-3-5-8-18/h6-7,9-10,13H,3-5,8,11-12,14-15H2,1-2H3. The fraction of sp³-hybridized carbons (Fsp3) is 0.478. The molecule has 8 heteroatoms. The van der Waals surface area contributed by atoms with Crippen LogP contribution in [-0.4, -0.2) is 27.7 Å². The zero-order chi connectivity index (χ0) is 22.2. The second-order valence-corrected chi connectivity index (χ2v) is 8.37. The topological polar surface area (TPSA) is 41.4 Å². The van der Waals surface area contributed by atoms with Crippen LogP contribution in [-0.2, 0) is 12.8 Å². The summed E-state index contributed by atoms with van der Waals surface area (Å²) in [5, 5.41) is 0. The fourth-order valence-electron chi connectivity index (χ4n) is 4.21. The van der Waals surface area contributed by atoms with Gasteiger partial charge in [-0.2, -0.15) is 13.2 Å². The Hall–Kier alpha value is -2.61. The summed E-state index contributed by atoms with van der Waals surface area (Å²) < 4.78 is 41.5. The Balaban J connectivity index is 1.70. The molecule has 31 heavy (non-hydrogen) atoms. The molecule has 0 atom stereocenters. The molecule has 166 valence electrons. The molecule has 1 aliphatic carbocycles. The van der Waals surface area contributed by atoms with Crippen molar-refractivity contribution in [1.29, 1.82) is 0 Å². The van der Waals surface area contributed by atoms with Crippen LogP contribution < -0.4 is 10.5 Å². The Morgan fingerprint density at radius 3 is 2.65 bits per heavy atom. The maximum absolute atomic E-state index is 13.3. The first-order valence-electron chi connectivity index (χ1n) is 10.7. The Labute approximate surface area is 179 Å². The molecule has 0 amide bonds. The lowest BCUT2D eigenvalue weighted by Gasteiger charge is -2.38. The van der Waals surface area contributed by atoms with E-state index in [-0.39, 0.29) is 5.56 Å². The Kier molecular flexibility index (Phi) is 5.92. The van der Waals surface area contributed by atoms with Gasteiger partial charge in [-0.05, 0) is 64.2 Å². The summed E-state index contributed by atoms with van der Waals surface area (Å²) in [6.07, 6.45) is 3.40. The zero-order valence-corrected chi connectivity index (χ0v) is 17.9. The minimum absolute atomic E-state index is 0.152. The number of benzene rings is 1. The number of rotatable bonds is 4. The highest BCUT2D eigenvalue weighted by Crippen LogP contribution is 2.34. The first-order valence-corrected chi connectivity index (χ1v) is 10.7. The van der Waals surface area contributed by atoms with E-state index in [1.165, 1.54) is 24.5 Å². The number of fused-ring (bicyclic) bond motifs is 1. The van der Waals surface area contributed by atoms with Gasteiger partial charge in [0.05, 0.1) is 18.9 Å². The number of hydrogen-bond donors (Lipinski definition) is 0. The Bertz CT molecular complexity index is 1060. The van der Waals surface area contributed by atoms with Gasteiger partial charge in [-0.1, -0.05) is 17.7 Å². The van der Waals surface area contributed by atoms with Crippen molar-refractivity contribution in [3.8, 4) is 0 Å². The third-order valence-electron chi connectivity index (χ3n) is 6.16. The number of aromatic nitrogens is 2. The summed E-state index contributed by atoms with van der Waals surface area (Å²) in [6.45, 7) is 4.98. The van der Waals surface area contributed by atoms with Crippen molar-refractivity contribution in [1.82, 2.24) is 14.5 Å². The van der Waals surface area contributed by atoms with Crippen molar-refractivity contribution in [2.75, 3.05) is 18.1 Å². The number of halogens is 3. The zero-order valence-electron chi connectivity index (χ0n) is 17.9. The molecule has 1 aliphatic heterocycles. The summed E-state index contributed by atoms with van der Waals surface area (Å²) in [4.78, 5) is 21.4. The van der Waals surface area contributed by atoms with Crippen molar-refractivity contribution in [2.24, 2.45) is 0 Å². The lowest BCUT2D eigenvalue weighted by atomic mass is 9.97. The van der Waals surface area contributed by atoms with Gasteiger partial charge in [-0.25, -0.2) is 4.98 Å². The highest BCUT2D eigenvalue weighted by Gasteiger charge is 2.32. The van der Waals surface area contributed by atoms with Crippen LogP contribution in [0.15, 0.2) is 40.7 Å². The predicted molar refractivity (Wildman–Crippen MR) is 114 cm³/mol. The van der Waals surface area contributed by atoms with Gasteiger partial charge < -0.3 is 0 Å². The lowest BCUT2D eigenvalue weighted by Crippen LogP contribution is -2.48. The molecule has 0 bridgehead atoms. The van der Waals surface area contributed by atoms with Crippen molar-refractivity contribution in [3.63, 3.8) is 0 Å². The van der Waals surface area contributed by atoms with Crippen LogP contribution >= 0.6 is 0 Å². The van der Waals surface area contributed by atoms with E-state index in [1.54, 1.807) is 29.4 Å². The van der Waals surface area contributed by atoms with Crippen molar-refractivity contribution in [3.05, 3.63) is 63.1 Å². The minimum Gasteiger partial charge on any atom is -0.298 e. The van der Waals surface area contributed by atoms with E-state index < -0.39 is 11.7 Å². The van der Waals surface area contributed by atoms with E-state index >= 15 is 0 Å². The Morgan fingerprint density at radius 1 is 1.13 bits per heavy atom. The normalized spacial score (nSPS) is 17.5. The summed E-state index contributed by atoms with van der Waals surface area (Å²) in [6, 6.07) is 5.21. The molecular formula is C23H27F3N4O. The molecule has 0 fully saturated rings. The molecule has 2 aliphatic rings. The number of allylic oxidation sites excluding steroid dienone is 1. The van der Waals surface area contributed by atoms with E-state index in [0.717, 1.165) is 37.9 Å². The second kappa shape index (κ2) is 8.49. The van der Waals surface area contributed by atoms with Crippen molar-refractivity contribution < 1.29 is 13.2 Å². The van der Waals surface area contributed by atoms with Gasteiger partial charge in [0.2, 0.25) is 5.95 Å². The van der Waals surface area contributed by atoms with Crippen LogP contribution in [0, 0.1) is 13.8 Å². The molecular weight excluding hydrogens is 405 g/mol. The van der Waals surface area contributed by atoms with Gasteiger partial charge in [-0.3, -0.25) is 19.2 Å². The van der Waals surface area contributed by atoms with Crippen LogP contribution in [0.1, 0.15) is 48.9 Å². The number of hydrogen-bond acceptors (Lipinski definition) is 4. The molecule has 0 spiro atoms. The summed E-state index contributed by atoms with van der Waals surface area (Å²) in [5.41, 5.74) is 2.08. The summed E-state index contributed by atoms with van der Waals surface area (Å²) in [5.74, 6) is 0.389. The first-order chi connectivity index (χ1) is 14.7. The van der Waals surface area contributed by atoms with E-state index in [2.05, 4.69) is 16.0 Å². The van der Waals surface area contributed by atoms with Gasteiger partial charge in [0.25, 0.3) is 5.56 Å². The summed E-state index contributed by atoms with van der Waals surface area (Å²) >= 11 is 0. The predicted octanol–water partition coefficient (Wildman–Crippen LogP) is 5.14. The van der Waals surface area contributed by atoms with Crippen LogP contribution in [0.3, 0.4) is 0 Å². The number of anilines is 2. The van der Waals surface area contributed by atoms with Gasteiger partial charge >= 0.3 is 6.18 Å². The molecule has 4 rings (SSSR count). The SMILES string of the molecule is Cc1nc2n(c(=O)c1C)CN(CCC1=CCCCC1)CN2c1cccc(C(F)(F)F)c1. The van der Waals surface area contributed by atoms with Gasteiger partial charge in [0.15, 0.2) is 0 Å². The van der Waals surface area contributed by atoms with Crippen molar-refractivity contribution in [2.45, 2.75) is 58.8 Å². The second-order valence-electron chi connectivity index (χ2n) is 8.37. The third kappa shape index (κ3) is 4.54. The maximum atomic E-state index is 13.3. The Morgan fingerprint density at radius 2 is 1.94 bits per heavy atom. The first kappa shape index (κ1) is 21.6. The molecule has 2 heterocycles. The smallest absolute Gasteiger partial charge is 0.298 e. The molecule has 0 N–H and O–H groups in total. The van der Waals surface area contributed by atoms with E-state index in [0.29, 0.717) is 36.2 Å². The number of nitrogens with zero attached hydrogens (tertiary/aromatic N) is 4. The average Bonchev–Trinajstić information content (AvgIpc) is 2.76. The average molecular weight is 432 g/mol. The monoisotopic (exact) mass is 432 g/mol. The summed E-state index contributed by atoms with van der Waals surface area (Å²) in [7, 11) is 0. The number of aryl methyl sites for hydroxylation is 1. The van der Waals surface area contributed by atoms with E-state index in [1.807, 2.05) is 0 Å². The van der Waals surface area contributed by atoms with Crippen LogP contribution in [0.25, 0.3) is 0 Å².